The second-order valence-corrected chi connectivity index (χ2v) is 5.07. The van der Waals surface area contributed by atoms with Crippen LogP contribution in [0.1, 0.15) is 6.92 Å². The smallest absolute Gasteiger partial charge is 0.103 e. The highest BCUT2D eigenvalue weighted by Gasteiger charge is 2.32. The van der Waals surface area contributed by atoms with E-state index in [1.807, 2.05) is 30.3 Å². The van der Waals surface area contributed by atoms with E-state index < -0.39 is 0 Å². The number of fused-ring (bicyclic) bond motifs is 1. The Bertz CT molecular complexity index is 627. The number of hydrogen-bond donors (Lipinski definition) is 0. The second kappa shape index (κ2) is 4.71. The van der Waals surface area contributed by atoms with E-state index >= 15 is 0 Å². The van der Waals surface area contributed by atoms with Crippen LogP contribution in [-0.2, 0) is 0 Å². The SMILES string of the molecule is CC1N(C)c2ccccc2N1c1ccccc1N(C)F. The molecule has 20 heavy (non-hydrogen) atoms. The molecule has 0 aliphatic carbocycles. The molecule has 1 aliphatic rings. The van der Waals surface area contributed by atoms with E-state index in [-0.39, 0.29) is 6.17 Å². The van der Waals surface area contributed by atoms with Gasteiger partial charge < -0.3 is 9.80 Å². The van der Waals surface area contributed by atoms with Gasteiger partial charge in [-0.25, -0.2) is 5.12 Å². The molecule has 1 heterocycles. The summed E-state index contributed by atoms with van der Waals surface area (Å²) in [6, 6.07) is 15.7. The van der Waals surface area contributed by atoms with Crippen LogP contribution in [0, 0.1) is 0 Å². The lowest BCUT2D eigenvalue weighted by Gasteiger charge is -2.29. The van der Waals surface area contributed by atoms with Crippen LogP contribution < -0.4 is 14.9 Å². The molecular formula is C16H18FN3. The van der Waals surface area contributed by atoms with Gasteiger partial charge in [0.05, 0.1) is 22.7 Å². The molecule has 2 aromatic rings. The molecule has 3 rings (SSSR count). The molecule has 0 bridgehead atoms. The molecule has 1 unspecified atom stereocenters. The summed E-state index contributed by atoms with van der Waals surface area (Å²) in [5.41, 5.74) is 3.72. The zero-order valence-corrected chi connectivity index (χ0v) is 11.9. The molecule has 0 spiro atoms. The fraction of sp³-hybridized carbons (Fsp3) is 0.250. The number of para-hydroxylation sites is 4. The van der Waals surface area contributed by atoms with Crippen molar-refractivity contribution in [1.82, 2.24) is 0 Å². The molecule has 0 N–H and O–H groups in total. The lowest BCUT2D eigenvalue weighted by Crippen LogP contribution is -2.36. The van der Waals surface area contributed by atoms with Gasteiger partial charge in [-0.3, -0.25) is 0 Å². The molecule has 0 saturated heterocycles. The molecule has 2 aromatic carbocycles. The zero-order valence-electron chi connectivity index (χ0n) is 11.9. The highest BCUT2D eigenvalue weighted by atomic mass is 19.2. The third kappa shape index (κ3) is 1.80. The summed E-state index contributed by atoms with van der Waals surface area (Å²) in [5.74, 6) is 0. The third-order valence-corrected chi connectivity index (χ3v) is 3.93. The topological polar surface area (TPSA) is 9.72 Å². The zero-order chi connectivity index (χ0) is 14.3. The van der Waals surface area contributed by atoms with Gasteiger partial charge in [0.15, 0.2) is 0 Å². The summed E-state index contributed by atoms with van der Waals surface area (Å²) in [5, 5.41) is 0.670. The third-order valence-electron chi connectivity index (χ3n) is 3.93. The molecule has 0 fully saturated rings. The van der Waals surface area contributed by atoms with Crippen LogP contribution in [0.3, 0.4) is 0 Å². The standard InChI is InChI=1S/C16H18FN3/c1-12-18(2)13-8-4-6-10-15(13)20(12)16-11-7-5-9-14(16)19(3)17/h4-12H,1-3H3. The van der Waals surface area contributed by atoms with Crippen molar-refractivity contribution in [3.63, 3.8) is 0 Å². The Morgan fingerprint density at radius 1 is 0.950 bits per heavy atom. The predicted molar refractivity (Wildman–Crippen MR) is 82.4 cm³/mol. The van der Waals surface area contributed by atoms with Gasteiger partial charge in [-0.1, -0.05) is 24.3 Å². The lowest BCUT2D eigenvalue weighted by atomic mass is 10.2. The lowest BCUT2D eigenvalue weighted by molar-refractivity contribution is 0.476. The van der Waals surface area contributed by atoms with Crippen LogP contribution in [0.5, 0.6) is 0 Å². The Labute approximate surface area is 118 Å². The van der Waals surface area contributed by atoms with Gasteiger partial charge in [0.1, 0.15) is 6.17 Å². The molecule has 4 heteroatoms. The summed E-state index contributed by atoms with van der Waals surface area (Å²) in [6.07, 6.45) is 0.147. The fourth-order valence-corrected chi connectivity index (χ4v) is 2.80. The van der Waals surface area contributed by atoms with Crippen molar-refractivity contribution < 1.29 is 4.48 Å². The van der Waals surface area contributed by atoms with Crippen LogP contribution >= 0.6 is 0 Å². The van der Waals surface area contributed by atoms with Crippen LogP contribution in [0.15, 0.2) is 48.5 Å². The number of hydrogen-bond acceptors (Lipinski definition) is 3. The minimum atomic E-state index is 0.147. The van der Waals surface area contributed by atoms with E-state index in [1.165, 1.54) is 7.05 Å². The van der Waals surface area contributed by atoms with E-state index in [0.717, 1.165) is 17.1 Å². The number of halogens is 1. The van der Waals surface area contributed by atoms with E-state index in [1.54, 1.807) is 6.07 Å². The molecule has 0 saturated carbocycles. The highest BCUT2D eigenvalue weighted by molar-refractivity contribution is 5.87. The first-order valence-corrected chi connectivity index (χ1v) is 6.71. The van der Waals surface area contributed by atoms with Crippen molar-refractivity contribution in [2.24, 2.45) is 0 Å². The first-order valence-electron chi connectivity index (χ1n) is 6.71. The molecule has 3 nitrogen and oxygen atoms in total. The number of anilines is 4. The van der Waals surface area contributed by atoms with Gasteiger partial charge in [0.2, 0.25) is 0 Å². The molecule has 104 valence electrons. The van der Waals surface area contributed by atoms with Gasteiger partial charge in [-0.2, -0.15) is 0 Å². The fourth-order valence-electron chi connectivity index (χ4n) is 2.80. The Morgan fingerprint density at radius 3 is 2.15 bits per heavy atom. The number of rotatable bonds is 2. The first-order chi connectivity index (χ1) is 9.61. The summed E-state index contributed by atoms with van der Waals surface area (Å²) in [7, 11) is 3.49. The minimum Gasteiger partial charge on any atom is -0.353 e. The van der Waals surface area contributed by atoms with E-state index in [4.69, 9.17) is 0 Å². The van der Waals surface area contributed by atoms with Crippen molar-refractivity contribution in [3.05, 3.63) is 48.5 Å². The largest absolute Gasteiger partial charge is 0.353 e. The maximum Gasteiger partial charge on any atom is 0.103 e. The van der Waals surface area contributed by atoms with Gasteiger partial charge >= 0.3 is 0 Å². The Balaban J connectivity index is 2.16. The van der Waals surface area contributed by atoms with E-state index in [9.17, 15) is 4.48 Å². The first kappa shape index (κ1) is 12.8. The monoisotopic (exact) mass is 271 g/mol. The average Bonchev–Trinajstić information content (AvgIpc) is 2.71. The van der Waals surface area contributed by atoms with Crippen LogP contribution in [0.4, 0.5) is 27.2 Å². The van der Waals surface area contributed by atoms with Crippen molar-refractivity contribution in [3.8, 4) is 0 Å². The quantitative estimate of drug-likeness (QED) is 0.766. The average molecular weight is 271 g/mol. The van der Waals surface area contributed by atoms with Crippen LogP contribution in [0.2, 0.25) is 0 Å². The molecular weight excluding hydrogens is 253 g/mol. The molecule has 0 amide bonds. The van der Waals surface area contributed by atoms with Gasteiger partial charge in [-0.05, 0) is 31.2 Å². The highest BCUT2D eigenvalue weighted by Crippen LogP contribution is 2.45. The second-order valence-electron chi connectivity index (χ2n) is 5.07. The van der Waals surface area contributed by atoms with E-state index in [2.05, 4.69) is 35.9 Å². The Hall–Kier alpha value is -2.23. The number of nitrogens with zero attached hydrogens (tertiary/aromatic N) is 3. The summed E-state index contributed by atoms with van der Waals surface area (Å²) < 4.78 is 13.7. The van der Waals surface area contributed by atoms with Crippen molar-refractivity contribution >= 4 is 22.7 Å². The predicted octanol–water partition coefficient (Wildman–Crippen LogP) is 3.94. The number of benzene rings is 2. The summed E-state index contributed by atoms with van der Waals surface area (Å²) in [6.45, 7) is 2.12. The summed E-state index contributed by atoms with van der Waals surface area (Å²) in [4.78, 5) is 4.37. The molecule has 1 atom stereocenters. The Kier molecular flexibility index (Phi) is 3.01. The molecule has 0 radical (unpaired) electrons. The Morgan fingerprint density at radius 2 is 1.50 bits per heavy atom. The summed E-state index contributed by atoms with van der Waals surface area (Å²) >= 11 is 0. The van der Waals surface area contributed by atoms with Gasteiger partial charge in [-0.15, -0.1) is 4.48 Å². The maximum absolute atomic E-state index is 13.7. The van der Waals surface area contributed by atoms with Crippen molar-refractivity contribution in [1.29, 1.82) is 0 Å². The van der Waals surface area contributed by atoms with Crippen molar-refractivity contribution in [2.45, 2.75) is 13.1 Å². The van der Waals surface area contributed by atoms with Gasteiger partial charge in [0, 0.05) is 14.1 Å². The van der Waals surface area contributed by atoms with Gasteiger partial charge in [0.25, 0.3) is 0 Å². The van der Waals surface area contributed by atoms with Crippen molar-refractivity contribution in [2.75, 3.05) is 29.0 Å². The molecule has 1 aliphatic heterocycles. The van der Waals surface area contributed by atoms with Crippen LogP contribution in [0.25, 0.3) is 0 Å². The van der Waals surface area contributed by atoms with E-state index in [0.29, 0.717) is 10.8 Å². The maximum atomic E-state index is 13.7. The minimum absolute atomic E-state index is 0.147. The van der Waals surface area contributed by atoms with Crippen LogP contribution in [-0.4, -0.2) is 20.3 Å². The molecule has 0 aromatic heterocycles. The normalized spacial score (nSPS) is 17.3.